The Balaban J connectivity index is 2.39. The fraction of sp³-hybridized carbons (Fsp3) is 0.0667. The third-order valence-corrected chi connectivity index (χ3v) is 3.40. The lowest BCUT2D eigenvalue weighted by molar-refractivity contribution is 0.0693. The number of aromatic carboxylic acids is 1. The van der Waals surface area contributed by atoms with Crippen LogP contribution in [0.4, 0.5) is 10.1 Å². The summed E-state index contributed by atoms with van der Waals surface area (Å²) in [5.41, 5.74) is 0.172. The Morgan fingerprint density at radius 2 is 1.86 bits per heavy atom. The molecule has 0 aromatic heterocycles. The molecule has 0 aliphatic rings. The van der Waals surface area contributed by atoms with Gasteiger partial charge in [0.25, 0.3) is 5.91 Å². The van der Waals surface area contributed by atoms with Gasteiger partial charge in [0.1, 0.15) is 11.4 Å². The molecule has 21 heavy (non-hydrogen) atoms. The van der Waals surface area contributed by atoms with E-state index in [9.17, 15) is 14.0 Å². The van der Waals surface area contributed by atoms with Gasteiger partial charge in [0.15, 0.2) is 0 Å². The Bertz CT molecular complexity index is 731. The van der Waals surface area contributed by atoms with Crippen molar-refractivity contribution in [2.45, 2.75) is 6.92 Å². The van der Waals surface area contributed by atoms with E-state index in [-0.39, 0.29) is 5.69 Å². The predicted molar refractivity (Wildman–Crippen MR) is 77.5 cm³/mol. The van der Waals surface area contributed by atoms with E-state index in [2.05, 4.69) is 5.32 Å². The maximum Gasteiger partial charge on any atom is 0.340 e. The number of carbonyl (C=O) groups is 2. The molecule has 0 aliphatic carbocycles. The van der Waals surface area contributed by atoms with Gasteiger partial charge in [0, 0.05) is 10.6 Å². The maximum absolute atomic E-state index is 13.5. The number of carboxylic acids is 1. The average Bonchev–Trinajstić information content (AvgIpc) is 2.41. The second-order valence-electron chi connectivity index (χ2n) is 4.33. The van der Waals surface area contributed by atoms with Crippen LogP contribution >= 0.6 is 11.6 Å². The van der Waals surface area contributed by atoms with Gasteiger partial charge in [-0.05, 0) is 36.8 Å². The first-order valence-corrected chi connectivity index (χ1v) is 6.38. The number of carbonyl (C=O) groups excluding carboxylic acids is 1. The summed E-state index contributed by atoms with van der Waals surface area (Å²) in [6, 6.07) is 8.46. The highest BCUT2D eigenvalue weighted by Gasteiger charge is 2.19. The average molecular weight is 308 g/mol. The van der Waals surface area contributed by atoms with Gasteiger partial charge in [0.05, 0.1) is 5.69 Å². The topological polar surface area (TPSA) is 66.4 Å². The number of hydrogen-bond donors (Lipinski definition) is 2. The number of carboxylic acid groups (broad SMARTS) is 1. The first-order chi connectivity index (χ1) is 9.91. The molecule has 2 N–H and O–H groups in total. The highest BCUT2D eigenvalue weighted by Crippen LogP contribution is 2.22. The summed E-state index contributed by atoms with van der Waals surface area (Å²) in [5.74, 6) is -2.92. The monoisotopic (exact) mass is 307 g/mol. The quantitative estimate of drug-likeness (QED) is 0.907. The Morgan fingerprint density at radius 1 is 1.19 bits per heavy atom. The zero-order valence-corrected chi connectivity index (χ0v) is 11.7. The molecule has 0 fully saturated rings. The SMILES string of the molecule is Cc1c(Cl)cccc1C(=O)Nc1cccc(F)c1C(=O)O. The number of rotatable bonds is 3. The number of anilines is 1. The van der Waals surface area contributed by atoms with Crippen molar-refractivity contribution >= 4 is 29.2 Å². The summed E-state index contributed by atoms with van der Waals surface area (Å²) in [5, 5.41) is 11.8. The van der Waals surface area contributed by atoms with Gasteiger partial charge in [-0.2, -0.15) is 0 Å². The van der Waals surface area contributed by atoms with Gasteiger partial charge in [-0.15, -0.1) is 0 Å². The van der Waals surface area contributed by atoms with Crippen molar-refractivity contribution in [3.05, 3.63) is 63.9 Å². The molecule has 0 unspecified atom stereocenters. The lowest BCUT2D eigenvalue weighted by Crippen LogP contribution is -2.16. The molecule has 0 saturated carbocycles. The minimum absolute atomic E-state index is 0.105. The van der Waals surface area contributed by atoms with E-state index >= 15 is 0 Å². The van der Waals surface area contributed by atoms with Gasteiger partial charge >= 0.3 is 5.97 Å². The molecule has 0 aliphatic heterocycles. The van der Waals surface area contributed by atoms with E-state index in [1.54, 1.807) is 25.1 Å². The number of halogens is 2. The molecule has 2 aromatic carbocycles. The van der Waals surface area contributed by atoms with Gasteiger partial charge in [-0.25, -0.2) is 9.18 Å². The van der Waals surface area contributed by atoms with Crippen LogP contribution in [-0.4, -0.2) is 17.0 Å². The van der Waals surface area contributed by atoms with Crippen molar-refractivity contribution in [1.29, 1.82) is 0 Å². The Labute approximate surface area is 125 Å². The Kier molecular flexibility index (Phi) is 4.23. The van der Waals surface area contributed by atoms with Crippen LogP contribution in [0.15, 0.2) is 36.4 Å². The molecule has 0 radical (unpaired) electrons. The maximum atomic E-state index is 13.5. The standard InChI is InChI=1S/C15H11ClFNO3/c1-8-9(4-2-5-10(8)16)14(19)18-12-7-3-6-11(17)13(12)15(20)21/h2-7H,1H3,(H,18,19)(H,20,21). The van der Waals surface area contributed by atoms with Crippen LogP contribution in [0, 0.1) is 12.7 Å². The number of amides is 1. The van der Waals surface area contributed by atoms with Crippen LogP contribution < -0.4 is 5.32 Å². The second kappa shape index (κ2) is 5.93. The summed E-state index contributed by atoms with van der Waals surface area (Å²) < 4.78 is 13.5. The second-order valence-corrected chi connectivity index (χ2v) is 4.74. The Hall–Kier alpha value is -2.40. The number of benzene rings is 2. The molecular weight excluding hydrogens is 297 g/mol. The molecule has 108 valence electrons. The third kappa shape index (κ3) is 3.03. The number of hydrogen-bond acceptors (Lipinski definition) is 2. The molecule has 0 bridgehead atoms. The van der Waals surface area contributed by atoms with Crippen molar-refractivity contribution < 1.29 is 19.1 Å². The van der Waals surface area contributed by atoms with Crippen LogP contribution in [0.3, 0.4) is 0 Å². The minimum atomic E-state index is -1.45. The van der Waals surface area contributed by atoms with Gasteiger partial charge in [-0.3, -0.25) is 4.79 Å². The molecule has 2 rings (SSSR count). The molecule has 4 nitrogen and oxygen atoms in total. The minimum Gasteiger partial charge on any atom is -0.478 e. The fourth-order valence-corrected chi connectivity index (χ4v) is 2.06. The van der Waals surface area contributed by atoms with E-state index in [1.165, 1.54) is 12.1 Å². The van der Waals surface area contributed by atoms with E-state index in [4.69, 9.17) is 16.7 Å². The summed E-state index contributed by atoms with van der Waals surface area (Å²) in [7, 11) is 0. The van der Waals surface area contributed by atoms with Gasteiger partial charge in [-0.1, -0.05) is 23.7 Å². The number of nitrogens with one attached hydrogen (secondary N) is 1. The van der Waals surface area contributed by atoms with Crippen molar-refractivity contribution in [2.75, 3.05) is 5.32 Å². The predicted octanol–water partition coefficient (Wildman–Crippen LogP) is 3.74. The molecule has 0 spiro atoms. The van der Waals surface area contributed by atoms with E-state index in [0.29, 0.717) is 16.1 Å². The van der Waals surface area contributed by atoms with Crippen molar-refractivity contribution in [1.82, 2.24) is 0 Å². The van der Waals surface area contributed by atoms with Gasteiger partial charge in [0.2, 0.25) is 0 Å². The van der Waals surface area contributed by atoms with Crippen molar-refractivity contribution in [2.24, 2.45) is 0 Å². The third-order valence-electron chi connectivity index (χ3n) is 2.99. The first kappa shape index (κ1) is 15.0. The summed E-state index contributed by atoms with van der Waals surface area (Å²) in [6.07, 6.45) is 0. The van der Waals surface area contributed by atoms with Crippen LogP contribution in [0.1, 0.15) is 26.3 Å². The molecule has 0 saturated heterocycles. The molecule has 1 amide bonds. The molecule has 6 heteroatoms. The van der Waals surface area contributed by atoms with Crippen LogP contribution in [0.25, 0.3) is 0 Å². The van der Waals surface area contributed by atoms with Crippen molar-refractivity contribution in [3.8, 4) is 0 Å². The lowest BCUT2D eigenvalue weighted by atomic mass is 10.1. The normalized spacial score (nSPS) is 10.2. The fourth-order valence-electron chi connectivity index (χ4n) is 1.89. The van der Waals surface area contributed by atoms with E-state index in [1.807, 2.05) is 0 Å². The summed E-state index contributed by atoms with van der Waals surface area (Å²) >= 11 is 5.93. The van der Waals surface area contributed by atoms with Gasteiger partial charge < -0.3 is 10.4 Å². The highest BCUT2D eigenvalue weighted by atomic mass is 35.5. The molecule has 2 aromatic rings. The molecular formula is C15H11ClFNO3. The summed E-state index contributed by atoms with van der Waals surface area (Å²) in [4.78, 5) is 23.3. The lowest BCUT2D eigenvalue weighted by Gasteiger charge is -2.11. The zero-order chi connectivity index (χ0) is 15.6. The smallest absolute Gasteiger partial charge is 0.340 e. The zero-order valence-electron chi connectivity index (χ0n) is 11.0. The van der Waals surface area contributed by atoms with Crippen molar-refractivity contribution in [3.63, 3.8) is 0 Å². The van der Waals surface area contributed by atoms with Crippen LogP contribution in [0.5, 0.6) is 0 Å². The largest absolute Gasteiger partial charge is 0.478 e. The Morgan fingerprint density at radius 3 is 2.52 bits per heavy atom. The van der Waals surface area contributed by atoms with Crippen LogP contribution in [-0.2, 0) is 0 Å². The van der Waals surface area contributed by atoms with E-state index in [0.717, 1.165) is 6.07 Å². The van der Waals surface area contributed by atoms with E-state index < -0.39 is 23.3 Å². The van der Waals surface area contributed by atoms with Crippen LogP contribution in [0.2, 0.25) is 5.02 Å². The first-order valence-electron chi connectivity index (χ1n) is 6.00. The molecule has 0 atom stereocenters. The molecule has 0 heterocycles. The highest BCUT2D eigenvalue weighted by molar-refractivity contribution is 6.32. The summed E-state index contributed by atoms with van der Waals surface area (Å²) in [6.45, 7) is 1.67.